The quantitative estimate of drug-likeness (QED) is 0.709. The lowest BCUT2D eigenvalue weighted by Crippen LogP contribution is -2.55. The SMILES string of the molecule is N#Cc1ccnc(CN2CCC(N3C[C@H](COc4ccc(F)cc4)OCC3=O)CC2)c1. The van der Waals surface area contributed by atoms with Crippen molar-refractivity contribution in [3.63, 3.8) is 0 Å². The minimum Gasteiger partial charge on any atom is -0.491 e. The average Bonchev–Trinajstić information content (AvgIpc) is 2.80. The van der Waals surface area contributed by atoms with Gasteiger partial charge in [0.2, 0.25) is 5.91 Å². The van der Waals surface area contributed by atoms with Crippen LogP contribution >= 0.6 is 0 Å². The van der Waals surface area contributed by atoms with Gasteiger partial charge in [-0.15, -0.1) is 0 Å². The number of likely N-dealkylation sites (tertiary alicyclic amines) is 1. The highest BCUT2D eigenvalue weighted by molar-refractivity contribution is 5.78. The Morgan fingerprint density at radius 3 is 2.74 bits per heavy atom. The number of hydrogen-bond donors (Lipinski definition) is 0. The van der Waals surface area contributed by atoms with Crippen LogP contribution in [0.3, 0.4) is 0 Å². The van der Waals surface area contributed by atoms with Gasteiger partial charge in [0.1, 0.15) is 30.9 Å². The molecule has 1 amide bonds. The number of morpholine rings is 1. The van der Waals surface area contributed by atoms with E-state index in [9.17, 15) is 9.18 Å². The molecule has 162 valence electrons. The molecule has 0 bridgehead atoms. The molecule has 2 aliphatic rings. The third-order valence-corrected chi connectivity index (χ3v) is 5.74. The Hall–Kier alpha value is -3.02. The lowest BCUT2D eigenvalue weighted by atomic mass is 10.0. The molecule has 4 rings (SSSR count). The van der Waals surface area contributed by atoms with Gasteiger partial charge in [-0.1, -0.05) is 0 Å². The first-order valence-electron chi connectivity index (χ1n) is 10.5. The Kier molecular flexibility index (Phi) is 6.75. The summed E-state index contributed by atoms with van der Waals surface area (Å²) in [5.74, 6) is 0.286. The molecule has 8 heteroatoms. The van der Waals surface area contributed by atoms with Crippen molar-refractivity contribution in [3.8, 4) is 11.8 Å². The van der Waals surface area contributed by atoms with Gasteiger partial charge in [0.15, 0.2) is 0 Å². The molecule has 0 unspecified atom stereocenters. The van der Waals surface area contributed by atoms with Crippen molar-refractivity contribution in [3.05, 3.63) is 59.7 Å². The Morgan fingerprint density at radius 1 is 1.23 bits per heavy atom. The Labute approximate surface area is 181 Å². The Morgan fingerprint density at radius 2 is 2.00 bits per heavy atom. The van der Waals surface area contributed by atoms with Crippen molar-refractivity contribution >= 4 is 5.91 Å². The molecule has 1 atom stereocenters. The van der Waals surface area contributed by atoms with Gasteiger partial charge in [0.25, 0.3) is 0 Å². The fourth-order valence-electron chi connectivity index (χ4n) is 4.07. The van der Waals surface area contributed by atoms with Gasteiger partial charge in [0, 0.05) is 31.9 Å². The number of benzene rings is 1. The summed E-state index contributed by atoms with van der Waals surface area (Å²) in [6.07, 6.45) is 3.23. The second-order valence-electron chi connectivity index (χ2n) is 7.90. The number of hydrogen-bond acceptors (Lipinski definition) is 6. The van der Waals surface area contributed by atoms with Crippen LogP contribution in [0.25, 0.3) is 0 Å². The van der Waals surface area contributed by atoms with Crippen molar-refractivity contribution in [2.24, 2.45) is 0 Å². The van der Waals surface area contributed by atoms with Gasteiger partial charge >= 0.3 is 0 Å². The maximum absolute atomic E-state index is 13.0. The molecule has 0 radical (unpaired) electrons. The van der Waals surface area contributed by atoms with Crippen LogP contribution in [0.2, 0.25) is 0 Å². The van der Waals surface area contributed by atoms with E-state index in [0.717, 1.165) is 31.6 Å². The molecule has 2 aromatic rings. The van der Waals surface area contributed by atoms with Crippen LogP contribution < -0.4 is 4.74 Å². The van der Waals surface area contributed by atoms with E-state index in [0.29, 0.717) is 31.0 Å². The zero-order valence-electron chi connectivity index (χ0n) is 17.2. The van der Waals surface area contributed by atoms with Crippen molar-refractivity contribution in [2.75, 3.05) is 32.8 Å². The molecule has 0 aliphatic carbocycles. The van der Waals surface area contributed by atoms with Crippen molar-refractivity contribution in [1.82, 2.24) is 14.8 Å². The molecule has 3 heterocycles. The smallest absolute Gasteiger partial charge is 0.248 e. The van der Waals surface area contributed by atoms with Crippen LogP contribution in [0, 0.1) is 17.1 Å². The molecule has 7 nitrogen and oxygen atoms in total. The molecule has 31 heavy (non-hydrogen) atoms. The van der Waals surface area contributed by atoms with E-state index in [1.54, 1.807) is 24.4 Å². The van der Waals surface area contributed by atoms with Gasteiger partial charge in [-0.05, 0) is 49.2 Å². The number of carbonyl (C=O) groups is 1. The summed E-state index contributed by atoms with van der Waals surface area (Å²) in [5, 5.41) is 9.04. The van der Waals surface area contributed by atoms with Gasteiger partial charge in [-0.2, -0.15) is 5.26 Å². The van der Waals surface area contributed by atoms with Crippen LogP contribution in [0.15, 0.2) is 42.6 Å². The minimum absolute atomic E-state index is 0.0138. The molecular weight excluding hydrogens is 399 g/mol. The molecule has 2 fully saturated rings. The van der Waals surface area contributed by atoms with Crippen LogP contribution in [-0.4, -0.2) is 65.7 Å². The van der Waals surface area contributed by atoms with E-state index in [-0.39, 0.29) is 30.5 Å². The minimum atomic E-state index is -0.307. The van der Waals surface area contributed by atoms with E-state index >= 15 is 0 Å². The number of rotatable bonds is 6. The van der Waals surface area contributed by atoms with E-state index in [1.807, 2.05) is 11.0 Å². The van der Waals surface area contributed by atoms with Crippen LogP contribution in [0.4, 0.5) is 4.39 Å². The van der Waals surface area contributed by atoms with Crippen molar-refractivity contribution < 1.29 is 18.7 Å². The predicted molar refractivity (Wildman–Crippen MR) is 111 cm³/mol. The maximum Gasteiger partial charge on any atom is 0.248 e. The summed E-state index contributed by atoms with van der Waals surface area (Å²) in [6, 6.07) is 11.7. The van der Waals surface area contributed by atoms with Gasteiger partial charge in [-0.25, -0.2) is 4.39 Å². The predicted octanol–water partition coefficient (Wildman–Crippen LogP) is 2.36. The number of aromatic nitrogens is 1. The van der Waals surface area contributed by atoms with E-state index in [4.69, 9.17) is 14.7 Å². The molecule has 0 spiro atoms. The third kappa shape index (κ3) is 5.57. The van der Waals surface area contributed by atoms with E-state index in [1.165, 1.54) is 12.1 Å². The highest BCUT2D eigenvalue weighted by Crippen LogP contribution is 2.22. The summed E-state index contributed by atoms with van der Waals surface area (Å²) in [6.45, 7) is 3.30. The number of piperidine rings is 1. The fourth-order valence-corrected chi connectivity index (χ4v) is 4.07. The van der Waals surface area contributed by atoms with Crippen molar-refractivity contribution in [2.45, 2.75) is 31.5 Å². The highest BCUT2D eigenvalue weighted by atomic mass is 19.1. The Bertz CT molecular complexity index is 939. The van der Waals surface area contributed by atoms with Gasteiger partial charge in [-0.3, -0.25) is 14.7 Å². The zero-order chi connectivity index (χ0) is 21.6. The molecule has 2 saturated heterocycles. The number of amides is 1. The van der Waals surface area contributed by atoms with Crippen LogP contribution in [-0.2, 0) is 16.1 Å². The number of halogens is 1. The summed E-state index contributed by atoms with van der Waals surface area (Å²) in [4.78, 5) is 21.0. The van der Waals surface area contributed by atoms with Crippen LogP contribution in [0.5, 0.6) is 5.75 Å². The summed E-state index contributed by atoms with van der Waals surface area (Å²) < 4.78 is 24.4. The number of nitrogens with zero attached hydrogens (tertiary/aromatic N) is 4. The number of carbonyl (C=O) groups excluding carboxylic acids is 1. The second-order valence-corrected chi connectivity index (χ2v) is 7.90. The first-order valence-corrected chi connectivity index (χ1v) is 10.5. The second kappa shape index (κ2) is 9.86. The van der Waals surface area contributed by atoms with Crippen LogP contribution in [0.1, 0.15) is 24.1 Å². The van der Waals surface area contributed by atoms with E-state index < -0.39 is 0 Å². The van der Waals surface area contributed by atoms with Gasteiger partial charge < -0.3 is 14.4 Å². The third-order valence-electron chi connectivity index (χ3n) is 5.74. The summed E-state index contributed by atoms with van der Waals surface area (Å²) >= 11 is 0. The number of nitriles is 1. The number of pyridine rings is 1. The van der Waals surface area contributed by atoms with E-state index in [2.05, 4.69) is 16.0 Å². The Balaban J connectivity index is 1.27. The lowest BCUT2D eigenvalue weighted by Gasteiger charge is -2.42. The first kappa shape index (κ1) is 21.2. The summed E-state index contributed by atoms with van der Waals surface area (Å²) in [7, 11) is 0. The molecule has 0 saturated carbocycles. The summed E-state index contributed by atoms with van der Waals surface area (Å²) in [5.41, 5.74) is 1.51. The first-order chi connectivity index (χ1) is 15.1. The normalized spacial score (nSPS) is 20.5. The highest BCUT2D eigenvalue weighted by Gasteiger charge is 2.33. The fraction of sp³-hybridized carbons (Fsp3) is 0.435. The molecule has 2 aliphatic heterocycles. The monoisotopic (exact) mass is 424 g/mol. The molecular formula is C23H25FN4O3. The molecule has 0 N–H and O–H groups in total. The number of ether oxygens (including phenoxy) is 2. The average molecular weight is 424 g/mol. The lowest BCUT2D eigenvalue weighted by molar-refractivity contribution is -0.155. The standard InChI is InChI=1S/C23H25FN4O3/c24-18-1-3-21(4-2-18)30-15-22-14-28(23(29)16-31-22)20-6-9-27(10-7-20)13-19-11-17(12-25)5-8-26-19/h1-5,8,11,20,22H,6-7,9-10,13-16H2/t22-/m1/s1. The molecule has 1 aromatic carbocycles. The van der Waals surface area contributed by atoms with Crippen molar-refractivity contribution in [1.29, 1.82) is 5.26 Å². The molecule has 1 aromatic heterocycles. The zero-order valence-corrected chi connectivity index (χ0v) is 17.2. The maximum atomic E-state index is 13.0. The topological polar surface area (TPSA) is 78.7 Å². The largest absolute Gasteiger partial charge is 0.491 e. The van der Waals surface area contributed by atoms with Gasteiger partial charge in [0.05, 0.1) is 23.9 Å².